The first-order valence-corrected chi connectivity index (χ1v) is 9.25. The molecule has 27 heavy (non-hydrogen) atoms. The predicted molar refractivity (Wildman–Crippen MR) is 101 cm³/mol. The zero-order valence-corrected chi connectivity index (χ0v) is 17.8. The SMILES string of the molecule is C[N+](C)(C)CCOCC(COC(CC(=O)O)C[N+](C)(C)C)OCC(O)CO. The molecular formula is C18H40N2O7+2. The largest absolute Gasteiger partial charge is 0.481 e. The maximum atomic E-state index is 11.1. The van der Waals surface area contributed by atoms with Crippen LogP contribution in [0.3, 0.4) is 0 Å². The molecule has 9 heteroatoms. The standard InChI is InChI=1S/C18H39N2O7/c1-19(2,3)7-8-25-13-17(26-12-15(22)11-21)14-27-16(9-18(23)24)10-20(4,5)6/h15-17,21-22H,7-14H2,1-6H3/q+1/p+1. The Hall–Kier alpha value is -0.810. The van der Waals surface area contributed by atoms with Crippen molar-refractivity contribution in [3.8, 4) is 0 Å². The van der Waals surface area contributed by atoms with E-state index in [1.54, 1.807) is 0 Å². The van der Waals surface area contributed by atoms with Gasteiger partial charge in [-0.25, -0.2) is 0 Å². The van der Waals surface area contributed by atoms with Gasteiger partial charge in [0.25, 0.3) is 0 Å². The molecule has 0 saturated heterocycles. The number of carbonyl (C=O) groups is 1. The number of nitrogens with zero attached hydrogens (tertiary/aromatic N) is 2. The number of carboxylic acid groups (broad SMARTS) is 1. The fourth-order valence-electron chi connectivity index (χ4n) is 2.22. The number of ether oxygens (including phenoxy) is 3. The lowest BCUT2D eigenvalue weighted by molar-refractivity contribution is -0.873. The van der Waals surface area contributed by atoms with E-state index in [0.717, 1.165) is 11.0 Å². The molecule has 0 amide bonds. The van der Waals surface area contributed by atoms with Crippen molar-refractivity contribution < 1.29 is 43.3 Å². The number of aliphatic carboxylic acids is 1. The monoisotopic (exact) mass is 396 g/mol. The molecule has 0 bridgehead atoms. The van der Waals surface area contributed by atoms with Gasteiger partial charge in [-0.05, 0) is 0 Å². The van der Waals surface area contributed by atoms with Gasteiger partial charge in [-0.2, -0.15) is 0 Å². The highest BCUT2D eigenvalue weighted by Crippen LogP contribution is 2.08. The van der Waals surface area contributed by atoms with Gasteiger partial charge in [0.2, 0.25) is 0 Å². The zero-order chi connectivity index (χ0) is 21.1. The summed E-state index contributed by atoms with van der Waals surface area (Å²) in [6, 6.07) is 0. The van der Waals surface area contributed by atoms with Gasteiger partial charge in [-0.15, -0.1) is 0 Å². The second-order valence-electron chi connectivity index (χ2n) is 8.91. The lowest BCUT2D eigenvalue weighted by Gasteiger charge is -2.30. The molecule has 0 aliphatic heterocycles. The van der Waals surface area contributed by atoms with Crippen LogP contribution in [0.4, 0.5) is 0 Å². The Morgan fingerprint density at radius 3 is 2.00 bits per heavy atom. The van der Waals surface area contributed by atoms with E-state index >= 15 is 0 Å². The van der Waals surface area contributed by atoms with Crippen LogP contribution in [0.2, 0.25) is 0 Å². The number of aliphatic hydroxyl groups excluding tert-OH is 2. The highest BCUT2D eigenvalue weighted by molar-refractivity contribution is 5.67. The molecule has 162 valence electrons. The number of likely N-dealkylation sites (N-methyl/N-ethyl adjacent to an activating group) is 2. The molecule has 0 aliphatic rings. The molecule has 9 nitrogen and oxygen atoms in total. The number of carboxylic acids is 1. The van der Waals surface area contributed by atoms with Crippen molar-refractivity contribution in [1.29, 1.82) is 0 Å². The molecular weight excluding hydrogens is 356 g/mol. The van der Waals surface area contributed by atoms with E-state index in [2.05, 4.69) is 21.1 Å². The Balaban J connectivity index is 4.64. The molecule has 0 aromatic carbocycles. The average molecular weight is 397 g/mol. The van der Waals surface area contributed by atoms with Crippen LogP contribution in [0.15, 0.2) is 0 Å². The minimum Gasteiger partial charge on any atom is -0.481 e. The summed E-state index contributed by atoms with van der Waals surface area (Å²) < 4.78 is 18.4. The van der Waals surface area contributed by atoms with Crippen molar-refractivity contribution in [3.05, 3.63) is 0 Å². The van der Waals surface area contributed by atoms with E-state index in [1.807, 2.05) is 21.1 Å². The molecule has 3 unspecified atom stereocenters. The van der Waals surface area contributed by atoms with Crippen LogP contribution < -0.4 is 0 Å². The van der Waals surface area contributed by atoms with E-state index in [-0.39, 0.29) is 32.8 Å². The van der Waals surface area contributed by atoms with Crippen LogP contribution in [-0.4, -0.2) is 137 Å². The van der Waals surface area contributed by atoms with Gasteiger partial charge in [0.05, 0.1) is 81.7 Å². The Bertz CT molecular complexity index is 407. The minimum absolute atomic E-state index is 0.0395. The third-order valence-electron chi connectivity index (χ3n) is 3.62. The molecule has 0 aromatic rings. The number of hydrogen-bond donors (Lipinski definition) is 3. The third-order valence-corrected chi connectivity index (χ3v) is 3.62. The molecule has 3 atom stereocenters. The van der Waals surface area contributed by atoms with E-state index in [4.69, 9.17) is 24.4 Å². The summed E-state index contributed by atoms with van der Waals surface area (Å²) in [5.74, 6) is -0.916. The number of hydrogen-bond acceptors (Lipinski definition) is 6. The second-order valence-corrected chi connectivity index (χ2v) is 8.91. The minimum atomic E-state index is -0.972. The third kappa shape index (κ3) is 17.0. The van der Waals surface area contributed by atoms with E-state index in [0.29, 0.717) is 17.6 Å². The summed E-state index contributed by atoms with van der Waals surface area (Å²) in [4.78, 5) is 11.1. The van der Waals surface area contributed by atoms with E-state index in [9.17, 15) is 9.90 Å². The molecule has 0 aromatic heterocycles. The summed E-state index contributed by atoms with van der Waals surface area (Å²) in [5.41, 5.74) is 0. The van der Waals surface area contributed by atoms with Crippen molar-refractivity contribution in [2.24, 2.45) is 0 Å². The fraction of sp³-hybridized carbons (Fsp3) is 0.944. The highest BCUT2D eigenvalue weighted by atomic mass is 16.6. The second kappa shape index (κ2) is 12.6. The molecule has 0 aliphatic carbocycles. The van der Waals surface area contributed by atoms with E-state index in [1.165, 1.54) is 0 Å². The average Bonchev–Trinajstić information content (AvgIpc) is 2.49. The van der Waals surface area contributed by atoms with Gasteiger partial charge in [-0.3, -0.25) is 4.79 Å². The Labute approximate surface area is 163 Å². The van der Waals surface area contributed by atoms with Crippen LogP contribution in [-0.2, 0) is 19.0 Å². The molecule has 0 heterocycles. The van der Waals surface area contributed by atoms with Gasteiger partial charge in [0.15, 0.2) is 0 Å². The maximum absolute atomic E-state index is 11.1. The summed E-state index contributed by atoms with van der Waals surface area (Å²) in [6.07, 6.45) is -1.98. The number of quaternary nitrogens is 2. The van der Waals surface area contributed by atoms with Gasteiger partial charge in [0, 0.05) is 0 Å². The quantitative estimate of drug-likeness (QED) is 0.227. The predicted octanol–water partition coefficient (Wildman–Crippen LogP) is -0.986. The van der Waals surface area contributed by atoms with Crippen LogP contribution in [0, 0.1) is 0 Å². The lowest BCUT2D eigenvalue weighted by atomic mass is 10.2. The van der Waals surface area contributed by atoms with Crippen molar-refractivity contribution in [2.75, 3.05) is 88.4 Å². The van der Waals surface area contributed by atoms with Gasteiger partial charge in [0.1, 0.15) is 31.4 Å². The van der Waals surface area contributed by atoms with E-state index < -0.39 is 24.3 Å². The first kappa shape index (κ1) is 26.2. The summed E-state index contributed by atoms with van der Waals surface area (Å²) in [6.45, 7) is 1.91. The smallest absolute Gasteiger partial charge is 0.306 e. The van der Waals surface area contributed by atoms with Gasteiger partial charge in [-0.1, -0.05) is 0 Å². The van der Waals surface area contributed by atoms with Crippen molar-refractivity contribution >= 4 is 5.97 Å². The molecule has 0 radical (unpaired) electrons. The molecule has 0 fully saturated rings. The summed E-state index contributed by atoms with van der Waals surface area (Å²) in [5, 5.41) is 27.5. The number of aliphatic hydroxyl groups is 2. The Morgan fingerprint density at radius 1 is 0.926 bits per heavy atom. The Kier molecular flexibility index (Phi) is 12.2. The highest BCUT2D eigenvalue weighted by Gasteiger charge is 2.24. The molecule has 0 spiro atoms. The molecule has 3 N–H and O–H groups in total. The maximum Gasteiger partial charge on any atom is 0.306 e. The van der Waals surface area contributed by atoms with Crippen molar-refractivity contribution in [2.45, 2.75) is 24.7 Å². The van der Waals surface area contributed by atoms with Crippen molar-refractivity contribution in [1.82, 2.24) is 0 Å². The normalized spacial score (nSPS) is 16.1. The lowest BCUT2D eigenvalue weighted by Crippen LogP contribution is -2.44. The van der Waals surface area contributed by atoms with Gasteiger partial charge >= 0.3 is 5.97 Å². The summed E-state index contributed by atoms with van der Waals surface area (Å²) >= 11 is 0. The fourth-order valence-corrected chi connectivity index (χ4v) is 2.22. The van der Waals surface area contributed by atoms with Crippen LogP contribution in [0.5, 0.6) is 0 Å². The van der Waals surface area contributed by atoms with Crippen LogP contribution in [0.25, 0.3) is 0 Å². The van der Waals surface area contributed by atoms with Crippen LogP contribution in [0.1, 0.15) is 6.42 Å². The van der Waals surface area contributed by atoms with Gasteiger partial charge < -0.3 is 38.5 Å². The molecule has 0 rings (SSSR count). The first-order chi connectivity index (χ1) is 12.3. The van der Waals surface area contributed by atoms with Crippen LogP contribution >= 0.6 is 0 Å². The van der Waals surface area contributed by atoms with Crippen molar-refractivity contribution in [3.63, 3.8) is 0 Å². The number of rotatable bonds is 16. The molecule has 0 saturated carbocycles. The zero-order valence-electron chi connectivity index (χ0n) is 17.8. The summed E-state index contributed by atoms with van der Waals surface area (Å²) in [7, 11) is 12.1. The topological polar surface area (TPSA) is 105 Å². The first-order valence-electron chi connectivity index (χ1n) is 9.25. The Morgan fingerprint density at radius 2 is 1.52 bits per heavy atom.